The fraction of sp³-hybridized carbons (Fsp3) is 0.933. The van der Waals surface area contributed by atoms with E-state index >= 15 is 0 Å². The minimum absolute atomic E-state index is 0.289. The first-order valence-electron chi connectivity index (χ1n) is 7.67. The number of nitrogens with one attached hydrogen (secondary N) is 1. The van der Waals surface area contributed by atoms with Gasteiger partial charge in [0.1, 0.15) is 0 Å². The predicted octanol–water partition coefficient (Wildman–Crippen LogP) is 3.87. The van der Waals surface area contributed by atoms with Gasteiger partial charge in [0.05, 0.1) is 0 Å². The van der Waals surface area contributed by atoms with Gasteiger partial charge in [-0.3, -0.25) is 4.79 Å². The maximum Gasteiger partial charge on any atom is 0.223 e. The third-order valence-electron chi connectivity index (χ3n) is 4.57. The van der Waals surface area contributed by atoms with E-state index in [-0.39, 0.29) is 5.92 Å². The number of carbonyl (C=O) groups excluding carboxylic acids is 1. The van der Waals surface area contributed by atoms with Crippen LogP contribution in [0.5, 0.6) is 0 Å². The summed E-state index contributed by atoms with van der Waals surface area (Å²) in [6.45, 7) is 0.874. The van der Waals surface area contributed by atoms with Crippen molar-refractivity contribution in [2.45, 2.75) is 69.6 Å². The molecule has 0 atom stereocenters. The Morgan fingerprint density at radius 2 is 1.56 bits per heavy atom. The average molecular weight is 272 g/mol. The largest absolute Gasteiger partial charge is 0.356 e. The summed E-state index contributed by atoms with van der Waals surface area (Å²) in [5.74, 6) is 1.26. The van der Waals surface area contributed by atoms with Gasteiger partial charge in [-0.1, -0.05) is 25.7 Å². The number of rotatable bonds is 3. The molecule has 1 amide bonds. The van der Waals surface area contributed by atoms with Crippen molar-refractivity contribution in [1.82, 2.24) is 5.32 Å². The van der Waals surface area contributed by atoms with Crippen molar-refractivity contribution >= 4 is 17.5 Å². The molecule has 0 radical (unpaired) electrons. The molecule has 104 valence electrons. The molecule has 2 aliphatic carbocycles. The zero-order valence-corrected chi connectivity index (χ0v) is 12.1. The standard InChI is InChI=1S/C15H26ClNO/c16-14-9-7-12(8-10-14)11-17-15(18)13-5-3-1-2-4-6-13/h12-14H,1-11H2,(H,17,18). The van der Waals surface area contributed by atoms with E-state index in [0.29, 0.717) is 17.2 Å². The maximum absolute atomic E-state index is 12.1. The Balaban J connectivity index is 1.67. The van der Waals surface area contributed by atoms with Crippen LogP contribution >= 0.6 is 11.6 Å². The molecular formula is C15H26ClNO. The van der Waals surface area contributed by atoms with Crippen LogP contribution in [0.1, 0.15) is 64.2 Å². The molecule has 0 heterocycles. The van der Waals surface area contributed by atoms with Crippen molar-refractivity contribution < 1.29 is 4.79 Å². The molecule has 0 unspecified atom stereocenters. The molecule has 0 aromatic heterocycles. The first-order valence-corrected chi connectivity index (χ1v) is 8.11. The van der Waals surface area contributed by atoms with Crippen LogP contribution in [0.15, 0.2) is 0 Å². The van der Waals surface area contributed by atoms with Crippen LogP contribution in [-0.2, 0) is 4.79 Å². The Kier molecular flexibility index (Phi) is 5.81. The highest BCUT2D eigenvalue weighted by Crippen LogP contribution is 2.27. The van der Waals surface area contributed by atoms with E-state index in [2.05, 4.69) is 5.32 Å². The molecule has 2 aliphatic rings. The highest BCUT2D eigenvalue weighted by atomic mass is 35.5. The first-order chi connectivity index (χ1) is 8.75. The van der Waals surface area contributed by atoms with E-state index in [9.17, 15) is 4.79 Å². The average Bonchev–Trinajstić information content (AvgIpc) is 2.66. The van der Waals surface area contributed by atoms with Gasteiger partial charge in [0.25, 0.3) is 0 Å². The molecule has 0 spiro atoms. The van der Waals surface area contributed by atoms with Gasteiger partial charge in [-0.05, 0) is 44.4 Å². The summed E-state index contributed by atoms with van der Waals surface area (Å²) < 4.78 is 0. The highest BCUT2D eigenvalue weighted by Gasteiger charge is 2.23. The predicted molar refractivity (Wildman–Crippen MR) is 75.8 cm³/mol. The van der Waals surface area contributed by atoms with Crippen molar-refractivity contribution in [1.29, 1.82) is 0 Å². The van der Waals surface area contributed by atoms with Crippen molar-refractivity contribution in [2.24, 2.45) is 11.8 Å². The number of halogens is 1. The van der Waals surface area contributed by atoms with Crippen molar-refractivity contribution in [3.8, 4) is 0 Å². The molecule has 1 N–H and O–H groups in total. The minimum atomic E-state index is 0.289. The number of hydrogen-bond donors (Lipinski definition) is 1. The first kappa shape index (κ1) is 14.2. The Bertz CT molecular complexity index is 253. The Hall–Kier alpha value is -0.240. The van der Waals surface area contributed by atoms with Crippen LogP contribution in [0, 0.1) is 11.8 Å². The second kappa shape index (κ2) is 7.37. The van der Waals surface area contributed by atoms with Gasteiger partial charge >= 0.3 is 0 Å². The molecule has 0 aliphatic heterocycles. The van der Waals surface area contributed by atoms with Crippen molar-refractivity contribution in [3.05, 3.63) is 0 Å². The molecule has 2 saturated carbocycles. The van der Waals surface area contributed by atoms with Gasteiger partial charge in [0.2, 0.25) is 5.91 Å². The van der Waals surface area contributed by atoms with Crippen molar-refractivity contribution in [3.63, 3.8) is 0 Å². The third kappa shape index (κ3) is 4.46. The summed E-state index contributed by atoms with van der Waals surface area (Å²) in [5.41, 5.74) is 0. The summed E-state index contributed by atoms with van der Waals surface area (Å²) in [5, 5.41) is 3.56. The molecule has 2 nitrogen and oxygen atoms in total. The molecule has 0 aromatic rings. The molecule has 18 heavy (non-hydrogen) atoms. The topological polar surface area (TPSA) is 29.1 Å². The number of alkyl halides is 1. The van der Waals surface area contributed by atoms with Crippen LogP contribution in [0.2, 0.25) is 0 Å². The van der Waals surface area contributed by atoms with E-state index < -0.39 is 0 Å². The van der Waals surface area contributed by atoms with Gasteiger partial charge in [-0.15, -0.1) is 11.6 Å². The second-order valence-corrected chi connectivity index (χ2v) is 6.67. The lowest BCUT2D eigenvalue weighted by molar-refractivity contribution is -0.125. The maximum atomic E-state index is 12.1. The van der Waals surface area contributed by atoms with Crippen molar-refractivity contribution in [2.75, 3.05) is 6.54 Å². The van der Waals surface area contributed by atoms with E-state index in [1.54, 1.807) is 0 Å². The summed E-state index contributed by atoms with van der Waals surface area (Å²) >= 11 is 6.10. The SMILES string of the molecule is O=C(NCC1CCC(Cl)CC1)C1CCCCCC1. The van der Waals surface area contributed by atoms with Gasteiger partial charge in [0.15, 0.2) is 0 Å². The summed E-state index contributed by atoms with van der Waals surface area (Å²) in [4.78, 5) is 12.1. The number of amides is 1. The fourth-order valence-electron chi connectivity index (χ4n) is 3.26. The Morgan fingerprint density at radius 1 is 0.944 bits per heavy atom. The number of carbonyl (C=O) groups is 1. The molecule has 2 rings (SSSR count). The zero-order chi connectivity index (χ0) is 12.8. The van der Waals surface area contributed by atoms with Gasteiger partial charge in [-0.2, -0.15) is 0 Å². The van der Waals surface area contributed by atoms with Gasteiger partial charge in [0, 0.05) is 17.8 Å². The normalized spacial score (nSPS) is 30.7. The zero-order valence-electron chi connectivity index (χ0n) is 11.3. The molecule has 3 heteroatoms. The van der Waals surface area contributed by atoms with Gasteiger partial charge < -0.3 is 5.32 Å². The molecular weight excluding hydrogens is 246 g/mol. The van der Waals surface area contributed by atoms with Crippen LogP contribution < -0.4 is 5.32 Å². The summed E-state index contributed by atoms with van der Waals surface area (Å²) in [6.07, 6.45) is 11.9. The van der Waals surface area contributed by atoms with Gasteiger partial charge in [-0.25, -0.2) is 0 Å². The second-order valence-electron chi connectivity index (χ2n) is 6.05. The smallest absolute Gasteiger partial charge is 0.223 e. The summed E-state index contributed by atoms with van der Waals surface area (Å²) in [7, 11) is 0. The lowest BCUT2D eigenvalue weighted by Crippen LogP contribution is -2.35. The third-order valence-corrected chi connectivity index (χ3v) is 5.00. The quantitative estimate of drug-likeness (QED) is 0.613. The van der Waals surface area contributed by atoms with E-state index in [1.807, 2.05) is 0 Å². The van der Waals surface area contributed by atoms with Crippen LogP contribution in [0.3, 0.4) is 0 Å². The molecule has 0 bridgehead atoms. The minimum Gasteiger partial charge on any atom is -0.356 e. The Morgan fingerprint density at radius 3 is 2.17 bits per heavy atom. The molecule has 0 saturated heterocycles. The van der Waals surface area contributed by atoms with E-state index in [0.717, 1.165) is 32.2 Å². The van der Waals surface area contributed by atoms with Crippen LogP contribution in [0.4, 0.5) is 0 Å². The summed E-state index contributed by atoms with van der Waals surface area (Å²) in [6, 6.07) is 0. The highest BCUT2D eigenvalue weighted by molar-refractivity contribution is 6.20. The van der Waals surface area contributed by atoms with E-state index in [1.165, 1.54) is 38.5 Å². The molecule has 0 aromatic carbocycles. The monoisotopic (exact) mass is 271 g/mol. The lowest BCUT2D eigenvalue weighted by atomic mass is 9.88. The number of hydrogen-bond acceptors (Lipinski definition) is 1. The lowest BCUT2D eigenvalue weighted by Gasteiger charge is -2.25. The van der Waals surface area contributed by atoms with E-state index in [4.69, 9.17) is 11.6 Å². The Labute approximate surface area is 116 Å². The fourth-order valence-corrected chi connectivity index (χ4v) is 3.51. The van der Waals surface area contributed by atoms with Crippen LogP contribution in [-0.4, -0.2) is 17.8 Å². The molecule has 2 fully saturated rings. The van der Waals surface area contributed by atoms with Crippen LogP contribution in [0.25, 0.3) is 0 Å².